The van der Waals surface area contributed by atoms with E-state index in [0.717, 1.165) is 53.8 Å². The molecule has 2 aromatic heterocycles. The van der Waals surface area contributed by atoms with Gasteiger partial charge in [0, 0.05) is 45.1 Å². The van der Waals surface area contributed by atoms with Gasteiger partial charge in [-0.05, 0) is 24.7 Å². The molecule has 1 aromatic carbocycles. The van der Waals surface area contributed by atoms with Crippen LogP contribution in [0.2, 0.25) is 0 Å². The van der Waals surface area contributed by atoms with E-state index in [1.54, 1.807) is 11.3 Å². The molecule has 0 saturated carbocycles. The van der Waals surface area contributed by atoms with E-state index in [1.807, 2.05) is 12.1 Å². The Morgan fingerprint density at radius 3 is 2.52 bits per heavy atom. The molecule has 6 heteroatoms. The van der Waals surface area contributed by atoms with Gasteiger partial charge >= 0.3 is 0 Å². The maximum atomic E-state index is 13.0. The van der Waals surface area contributed by atoms with Crippen molar-refractivity contribution < 1.29 is 4.39 Å². The van der Waals surface area contributed by atoms with Crippen LogP contribution in [0.25, 0.3) is 15.4 Å². The Morgan fingerprint density at radius 1 is 1.09 bits per heavy atom. The molecule has 0 radical (unpaired) electrons. The molecule has 3 heterocycles. The van der Waals surface area contributed by atoms with Crippen molar-refractivity contribution in [2.24, 2.45) is 0 Å². The van der Waals surface area contributed by atoms with Gasteiger partial charge in [0.15, 0.2) is 4.96 Å². The summed E-state index contributed by atoms with van der Waals surface area (Å²) in [5.41, 5.74) is 2.15. The van der Waals surface area contributed by atoms with Gasteiger partial charge in [0.25, 0.3) is 0 Å². The monoisotopic (exact) mass is 330 g/mol. The van der Waals surface area contributed by atoms with Crippen LogP contribution in [-0.4, -0.2) is 52.4 Å². The number of halogens is 1. The van der Waals surface area contributed by atoms with Crippen LogP contribution in [0.5, 0.6) is 0 Å². The van der Waals surface area contributed by atoms with Crippen molar-refractivity contribution in [3.8, 4) is 10.4 Å². The van der Waals surface area contributed by atoms with Crippen LogP contribution < -0.4 is 0 Å². The predicted molar refractivity (Wildman–Crippen MR) is 91.2 cm³/mol. The van der Waals surface area contributed by atoms with E-state index in [9.17, 15) is 4.39 Å². The third kappa shape index (κ3) is 3.15. The number of thiazole rings is 1. The fourth-order valence-corrected chi connectivity index (χ4v) is 3.89. The fourth-order valence-electron chi connectivity index (χ4n) is 2.90. The first-order valence-electron chi connectivity index (χ1n) is 7.82. The molecule has 0 bridgehead atoms. The Kier molecular flexibility index (Phi) is 3.88. The lowest BCUT2D eigenvalue weighted by Gasteiger charge is -2.31. The van der Waals surface area contributed by atoms with Crippen molar-refractivity contribution in [1.82, 2.24) is 19.2 Å². The molecule has 1 saturated heterocycles. The lowest BCUT2D eigenvalue weighted by Crippen LogP contribution is -2.43. The average Bonchev–Trinajstić information content (AvgIpc) is 3.09. The molecule has 0 spiro atoms. The molecule has 0 amide bonds. The Hall–Kier alpha value is -1.76. The molecule has 1 aliphatic heterocycles. The summed E-state index contributed by atoms with van der Waals surface area (Å²) in [6, 6.07) is 6.62. The highest BCUT2D eigenvalue weighted by Gasteiger charge is 2.16. The maximum absolute atomic E-state index is 13.0. The number of nitrogens with zero attached hydrogens (tertiary/aromatic N) is 4. The number of benzene rings is 1. The largest absolute Gasteiger partial charge is 0.304 e. The molecule has 4 rings (SSSR count). The van der Waals surface area contributed by atoms with E-state index < -0.39 is 0 Å². The number of rotatable bonds is 3. The van der Waals surface area contributed by atoms with Crippen molar-refractivity contribution in [2.45, 2.75) is 6.54 Å². The minimum atomic E-state index is -0.204. The number of hydrogen-bond donors (Lipinski definition) is 0. The first-order valence-corrected chi connectivity index (χ1v) is 8.63. The van der Waals surface area contributed by atoms with E-state index in [-0.39, 0.29) is 5.82 Å². The Balaban J connectivity index is 1.51. The lowest BCUT2D eigenvalue weighted by molar-refractivity contribution is 0.147. The van der Waals surface area contributed by atoms with Gasteiger partial charge in [0.05, 0.1) is 10.6 Å². The summed E-state index contributed by atoms with van der Waals surface area (Å²) < 4.78 is 15.1. The molecule has 4 nitrogen and oxygen atoms in total. The van der Waals surface area contributed by atoms with Gasteiger partial charge in [-0.1, -0.05) is 23.5 Å². The van der Waals surface area contributed by atoms with Crippen molar-refractivity contribution in [2.75, 3.05) is 33.2 Å². The number of imidazole rings is 1. The van der Waals surface area contributed by atoms with Crippen LogP contribution in [0.4, 0.5) is 4.39 Å². The van der Waals surface area contributed by atoms with Gasteiger partial charge < -0.3 is 4.90 Å². The standard InChI is InChI=1S/C17H19FN4S/c1-20-6-8-21(9-7-20)10-15-11-22-12-16(23-17(22)19-15)13-2-4-14(18)5-3-13/h2-5,11-12H,6-10H2,1H3. The second kappa shape index (κ2) is 6.03. The molecule has 120 valence electrons. The molecular formula is C17H19FN4S. The number of aromatic nitrogens is 2. The highest BCUT2D eigenvalue weighted by atomic mass is 32.1. The fraction of sp³-hybridized carbons (Fsp3) is 0.353. The summed E-state index contributed by atoms with van der Waals surface area (Å²) in [5.74, 6) is -0.204. The van der Waals surface area contributed by atoms with Crippen LogP contribution in [-0.2, 0) is 6.54 Å². The molecule has 0 N–H and O–H groups in total. The quantitative estimate of drug-likeness (QED) is 0.738. The first kappa shape index (κ1) is 14.8. The zero-order valence-electron chi connectivity index (χ0n) is 13.1. The Bertz CT molecular complexity index is 768. The van der Waals surface area contributed by atoms with Gasteiger partial charge in [0.2, 0.25) is 0 Å². The molecule has 0 atom stereocenters. The van der Waals surface area contributed by atoms with Gasteiger partial charge in [-0.15, -0.1) is 0 Å². The predicted octanol–water partition coefficient (Wildman–Crippen LogP) is 2.95. The topological polar surface area (TPSA) is 23.8 Å². The highest BCUT2D eigenvalue weighted by Crippen LogP contribution is 2.28. The number of hydrogen-bond acceptors (Lipinski definition) is 4. The summed E-state index contributed by atoms with van der Waals surface area (Å²) in [6.07, 6.45) is 4.19. The minimum Gasteiger partial charge on any atom is -0.304 e. The SMILES string of the molecule is CN1CCN(Cc2cn3cc(-c4ccc(F)cc4)sc3n2)CC1. The van der Waals surface area contributed by atoms with Crippen molar-refractivity contribution >= 4 is 16.3 Å². The molecule has 23 heavy (non-hydrogen) atoms. The third-order valence-corrected chi connectivity index (χ3v) is 5.36. The second-order valence-electron chi connectivity index (χ2n) is 6.10. The van der Waals surface area contributed by atoms with E-state index in [1.165, 1.54) is 12.1 Å². The van der Waals surface area contributed by atoms with Crippen LogP contribution in [0.3, 0.4) is 0 Å². The van der Waals surface area contributed by atoms with Crippen LogP contribution >= 0.6 is 11.3 Å². The number of likely N-dealkylation sites (N-methyl/N-ethyl adjacent to an activating group) is 1. The van der Waals surface area contributed by atoms with Crippen LogP contribution in [0.1, 0.15) is 5.69 Å². The Morgan fingerprint density at radius 2 is 1.83 bits per heavy atom. The van der Waals surface area contributed by atoms with E-state index in [2.05, 4.69) is 33.6 Å². The third-order valence-electron chi connectivity index (χ3n) is 4.32. The lowest BCUT2D eigenvalue weighted by atomic mass is 10.2. The van der Waals surface area contributed by atoms with Crippen LogP contribution in [0.15, 0.2) is 36.7 Å². The zero-order chi connectivity index (χ0) is 15.8. The van der Waals surface area contributed by atoms with E-state index >= 15 is 0 Å². The van der Waals surface area contributed by atoms with Crippen molar-refractivity contribution in [3.05, 3.63) is 48.2 Å². The molecule has 1 fully saturated rings. The normalized spacial score (nSPS) is 17.1. The molecular weight excluding hydrogens is 311 g/mol. The second-order valence-corrected chi connectivity index (χ2v) is 7.11. The maximum Gasteiger partial charge on any atom is 0.194 e. The summed E-state index contributed by atoms with van der Waals surface area (Å²) in [4.78, 5) is 11.7. The van der Waals surface area contributed by atoms with E-state index in [0.29, 0.717) is 0 Å². The highest BCUT2D eigenvalue weighted by molar-refractivity contribution is 7.20. The number of piperazine rings is 1. The van der Waals surface area contributed by atoms with Gasteiger partial charge in [-0.25, -0.2) is 9.37 Å². The minimum absolute atomic E-state index is 0.204. The van der Waals surface area contributed by atoms with E-state index in [4.69, 9.17) is 4.98 Å². The molecule has 0 unspecified atom stereocenters. The molecule has 0 aliphatic carbocycles. The van der Waals surface area contributed by atoms with Gasteiger partial charge in [-0.3, -0.25) is 9.30 Å². The van der Waals surface area contributed by atoms with Crippen molar-refractivity contribution in [3.63, 3.8) is 0 Å². The van der Waals surface area contributed by atoms with Gasteiger partial charge in [-0.2, -0.15) is 0 Å². The smallest absolute Gasteiger partial charge is 0.194 e. The van der Waals surface area contributed by atoms with Crippen molar-refractivity contribution in [1.29, 1.82) is 0 Å². The summed E-state index contributed by atoms with van der Waals surface area (Å²) in [6.45, 7) is 5.35. The Labute approximate surface area is 138 Å². The summed E-state index contributed by atoms with van der Waals surface area (Å²) in [7, 11) is 2.17. The summed E-state index contributed by atoms with van der Waals surface area (Å²) >= 11 is 1.64. The van der Waals surface area contributed by atoms with Gasteiger partial charge in [0.1, 0.15) is 5.82 Å². The molecule has 3 aromatic rings. The van der Waals surface area contributed by atoms with Crippen LogP contribution in [0, 0.1) is 5.82 Å². The average molecular weight is 330 g/mol. The first-order chi connectivity index (χ1) is 11.2. The zero-order valence-corrected chi connectivity index (χ0v) is 13.9. The molecule has 1 aliphatic rings. The number of fused-ring (bicyclic) bond motifs is 1. The summed E-state index contributed by atoms with van der Waals surface area (Å²) in [5, 5.41) is 0.